The first-order chi connectivity index (χ1) is 4.74. The van der Waals surface area contributed by atoms with Gasteiger partial charge in [0.2, 0.25) is 5.01 Å². The number of aromatic carboxylic acids is 1. The van der Waals surface area contributed by atoms with Crippen molar-refractivity contribution in [3.05, 3.63) is 10.0 Å². The van der Waals surface area contributed by atoms with Crippen LogP contribution in [0.15, 0.2) is 0 Å². The number of carboxylic acids is 1. The largest absolute Gasteiger partial charge is 0.476 e. The average molecular weight is 160 g/mol. The fourth-order valence-electron chi connectivity index (χ4n) is 0.404. The van der Waals surface area contributed by atoms with E-state index in [2.05, 4.69) is 10.2 Å². The molecular formula is C4H4N2O3S. The van der Waals surface area contributed by atoms with Gasteiger partial charge in [0.05, 0.1) is 6.61 Å². The number of aromatic nitrogens is 2. The van der Waals surface area contributed by atoms with Crippen LogP contribution in [0.1, 0.15) is 14.8 Å². The van der Waals surface area contributed by atoms with Crippen molar-refractivity contribution in [2.75, 3.05) is 0 Å². The van der Waals surface area contributed by atoms with Crippen LogP contribution in [0.2, 0.25) is 0 Å². The van der Waals surface area contributed by atoms with Gasteiger partial charge in [-0.2, -0.15) is 0 Å². The van der Waals surface area contributed by atoms with Crippen molar-refractivity contribution >= 4 is 17.3 Å². The number of hydrogen-bond donors (Lipinski definition) is 2. The molecule has 0 aliphatic carbocycles. The molecule has 0 atom stereocenters. The molecule has 10 heavy (non-hydrogen) atoms. The summed E-state index contributed by atoms with van der Waals surface area (Å²) in [6.07, 6.45) is 0. The van der Waals surface area contributed by atoms with Gasteiger partial charge >= 0.3 is 5.97 Å². The van der Waals surface area contributed by atoms with Crippen LogP contribution in [0.5, 0.6) is 0 Å². The molecule has 1 aromatic heterocycles. The van der Waals surface area contributed by atoms with Crippen LogP contribution in [0.4, 0.5) is 0 Å². The molecule has 6 heteroatoms. The third kappa shape index (κ3) is 1.28. The minimum absolute atomic E-state index is 0.0935. The van der Waals surface area contributed by atoms with Crippen LogP contribution < -0.4 is 0 Å². The van der Waals surface area contributed by atoms with Crippen molar-refractivity contribution in [1.29, 1.82) is 0 Å². The minimum atomic E-state index is -1.11. The van der Waals surface area contributed by atoms with Gasteiger partial charge in [0, 0.05) is 0 Å². The number of aliphatic hydroxyl groups is 1. The Morgan fingerprint density at radius 2 is 2.30 bits per heavy atom. The molecule has 0 fully saturated rings. The second kappa shape index (κ2) is 2.72. The molecule has 0 radical (unpaired) electrons. The lowest BCUT2D eigenvalue weighted by molar-refractivity contribution is 0.0695. The molecule has 0 amide bonds. The summed E-state index contributed by atoms with van der Waals surface area (Å²) in [6, 6.07) is 0. The molecule has 5 nitrogen and oxygen atoms in total. The quantitative estimate of drug-likeness (QED) is 0.622. The highest BCUT2D eigenvalue weighted by molar-refractivity contribution is 7.13. The minimum Gasteiger partial charge on any atom is -0.476 e. The Balaban J connectivity index is 2.88. The lowest BCUT2D eigenvalue weighted by atomic mass is 10.7. The van der Waals surface area contributed by atoms with Crippen molar-refractivity contribution in [3.8, 4) is 0 Å². The fraction of sp³-hybridized carbons (Fsp3) is 0.250. The molecule has 0 unspecified atom stereocenters. The Kier molecular flexibility index (Phi) is 1.93. The highest BCUT2D eigenvalue weighted by atomic mass is 32.1. The maximum Gasteiger partial charge on any atom is 0.367 e. The van der Waals surface area contributed by atoms with E-state index >= 15 is 0 Å². The zero-order chi connectivity index (χ0) is 7.56. The molecule has 0 spiro atoms. The van der Waals surface area contributed by atoms with Crippen molar-refractivity contribution in [2.24, 2.45) is 0 Å². The third-order valence-electron chi connectivity index (χ3n) is 0.785. The number of carboxylic acid groups (broad SMARTS) is 1. The predicted octanol–water partition coefficient (Wildman–Crippen LogP) is -0.271. The van der Waals surface area contributed by atoms with E-state index in [1.54, 1.807) is 0 Å². The fourth-order valence-corrected chi connectivity index (χ4v) is 0.942. The molecule has 0 bridgehead atoms. The Labute approximate surface area is 60.0 Å². The number of nitrogens with zero attached hydrogens (tertiary/aromatic N) is 2. The van der Waals surface area contributed by atoms with Crippen molar-refractivity contribution in [1.82, 2.24) is 10.2 Å². The molecule has 0 aromatic carbocycles. The molecule has 0 saturated carbocycles. The first kappa shape index (κ1) is 7.10. The zero-order valence-corrected chi connectivity index (χ0v) is 5.63. The number of carbonyl (C=O) groups is 1. The summed E-state index contributed by atoms with van der Waals surface area (Å²) in [7, 11) is 0. The van der Waals surface area contributed by atoms with Crippen LogP contribution in [0.25, 0.3) is 0 Å². The Bertz CT molecular complexity index is 246. The van der Waals surface area contributed by atoms with Crippen LogP contribution in [-0.2, 0) is 6.61 Å². The summed E-state index contributed by atoms with van der Waals surface area (Å²) in [5.41, 5.74) is 0. The van der Waals surface area contributed by atoms with Gasteiger partial charge in [-0.1, -0.05) is 11.3 Å². The number of rotatable bonds is 2. The summed E-state index contributed by atoms with van der Waals surface area (Å²) in [5.74, 6) is -1.11. The third-order valence-corrected chi connectivity index (χ3v) is 1.68. The summed E-state index contributed by atoms with van der Waals surface area (Å²) in [5, 5.41) is 23.7. The van der Waals surface area contributed by atoms with Crippen molar-refractivity contribution in [3.63, 3.8) is 0 Å². The summed E-state index contributed by atoms with van der Waals surface area (Å²) >= 11 is 0.869. The van der Waals surface area contributed by atoms with E-state index in [4.69, 9.17) is 10.2 Å². The Hall–Kier alpha value is -1.01. The number of aliphatic hydroxyl groups excluding tert-OH is 1. The SMILES string of the molecule is O=C(O)c1nnc(CO)s1. The van der Waals surface area contributed by atoms with Crippen LogP contribution in [-0.4, -0.2) is 26.4 Å². The topological polar surface area (TPSA) is 83.3 Å². The molecular weight excluding hydrogens is 156 g/mol. The van der Waals surface area contributed by atoms with Crippen LogP contribution in [0.3, 0.4) is 0 Å². The molecule has 0 saturated heterocycles. The molecule has 54 valence electrons. The smallest absolute Gasteiger partial charge is 0.367 e. The van der Waals surface area contributed by atoms with Gasteiger partial charge < -0.3 is 10.2 Å². The summed E-state index contributed by atoms with van der Waals surface area (Å²) in [6.45, 7) is -0.259. The van der Waals surface area contributed by atoms with E-state index in [-0.39, 0.29) is 11.6 Å². The second-order valence-electron chi connectivity index (χ2n) is 1.46. The van der Waals surface area contributed by atoms with E-state index in [1.165, 1.54) is 0 Å². The van der Waals surface area contributed by atoms with Gasteiger partial charge in [0.15, 0.2) is 0 Å². The molecule has 1 aromatic rings. The van der Waals surface area contributed by atoms with E-state index in [9.17, 15) is 4.79 Å². The van der Waals surface area contributed by atoms with Gasteiger partial charge in [-0.15, -0.1) is 10.2 Å². The Morgan fingerprint density at radius 1 is 1.60 bits per heavy atom. The van der Waals surface area contributed by atoms with Gasteiger partial charge in [-0.3, -0.25) is 0 Å². The summed E-state index contributed by atoms with van der Waals surface area (Å²) in [4.78, 5) is 10.2. The van der Waals surface area contributed by atoms with Gasteiger partial charge in [0.25, 0.3) is 0 Å². The first-order valence-electron chi connectivity index (χ1n) is 2.40. The number of hydrogen-bond acceptors (Lipinski definition) is 5. The molecule has 1 heterocycles. The maximum absolute atomic E-state index is 10.2. The first-order valence-corrected chi connectivity index (χ1v) is 3.22. The Morgan fingerprint density at radius 3 is 2.60 bits per heavy atom. The molecule has 0 aliphatic heterocycles. The maximum atomic E-state index is 10.2. The zero-order valence-electron chi connectivity index (χ0n) is 4.81. The van der Waals surface area contributed by atoms with E-state index < -0.39 is 5.97 Å². The highest BCUT2D eigenvalue weighted by Gasteiger charge is 2.08. The van der Waals surface area contributed by atoms with E-state index in [0.717, 1.165) is 11.3 Å². The lowest BCUT2D eigenvalue weighted by Gasteiger charge is -1.78. The average Bonchev–Trinajstić information content (AvgIpc) is 2.34. The standard InChI is InChI=1S/C4H4N2O3S/c7-1-2-5-6-3(10-2)4(8)9/h7H,1H2,(H,8,9). The van der Waals surface area contributed by atoms with Gasteiger partial charge in [0.1, 0.15) is 5.01 Å². The van der Waals surface area contributed by atoms with Gasteiger partial charge in [-0.05, 0) is 0 Å². The normalized spacial score (nSPS) is 9.70. The van der Waals surface area contributed by atoms with Crippen LogP contribution >= 0.6 is 11.3 Å². The molecule has 1 rings (SSSR count). The molecule has 2 N–H and O–H groups in total. The summed E-state index contributed by atoms with van der Waals surface area (Å²) < 4.78 is 0. The molecule has 0 aliphatic rings. The predicted molar refractivity (Wildman–Crippen MR) is 32.8 cm³/mol. The van der Waals surface area contributed by atoms with E-state index in [0.29, 0.717) is 5.01 Å². The highest BCUT2D eigenvalue weighted by Crippen LogP contribution is 2.08. The van der Waals surface area contributed by atoms with Crippen molar-refractivity contribution in [2.45, 2.75) is 6.61 Å². The van der Waals surface area contributed by atoms with Crippen LogP contribution in [0, 0.1) is 0 Å². The lowest BCUT2D eigenvalue weighted by Crippen LogP contribution is -1.93. The second-order valence-corrected chi connectivity index (χ2v) is 2.53. The van der Waals surface area contributed by atoms with Gasteiger partial charge in [-0.25, -0.2) is 4.79 Å². The van der Waals surface area contributed by atoms with E-state index in [1.807, 2.05) is 0 Å². The van der Waals surface area contributed by atoms with Crippen molar-refractivity contribution < 1.29 is 15.0 Å². The monoisotopic (exact) mass is 160 g/mol.